The lowest BCUT2D eigenvalue weighted by Gasteiger charge is -2.20. The minimum Gasteiger partial charge on any atom is -0.384 e. The summed E-state index contributed by atoms with van der Waals surface area (Å²) in [6.07, 6.45) is 1.87. The van der Waals surface area contributed by atoms with Gasteiger partial charge in [0.15, 0.2) is 0 Å². The highest BCUT2D eigenvalue weighted by Gasteiger charge is 2.34. The Hall–Kier alpha value is -3.81. The molecule has 2 amide bonds. The predicted molar refractivity (Wildman–Crippen MR) is 157 cm³/mol. The lowest BCUT2D eigenvalue weighted by Crippen LogP contribution is -2.41. The molecule has 0 saturated carbocycles. The summed E-state index contributed by atoms with van der Waals surface area (Å²) in [4.78, 5) is 34.0. The second-order valence-electron chi connectivity index (χ2n) is 10.1. The average Bonchev–Trinajstić information content (AvgIpc) is 3.52. The van der Waals surface area contributed by atoms with Crippen molar-refractivity contribution in [3.05, 3.63) is 95.1 Å². The van der Waals surface area contributed by atoms with Crippen LogP contribution in [0.2, 0.25) is 0 Å². The number of methoxy groups -OCH3 is 2. The quantitative estimate of drug-likeness (QED) is 0.414. The van der Waals surface area contributed by atoms with E-state index >= 15 is 0 Å². The topological polar surface area (TPSA) is 84.9 Å². The molecule has 212 valence electrons. The number of nitrogens with one attached hydrogen (secondary N) is 1. The van der Waals surface area contributed by atoms with Crippen LogP contribution in [0.15, 0.2) is 72.8 Å². The van der Waals surface area contributed by atoms with E-state index in [0.29, 0.717) is 38.5 Å². The first-order chi connectivity index (χ1) is 19.4. The number of likely N-dealkylation sites (tertiary alicyclic amines) is 1. The van der Waals surface area contributed by atoms with Crippen LogP contribution in [0.25, 0.3) is 11.1 Å². The van der Waals surface area contributed by atoms with Gasteiger partial charge in [0.2, 0.25) is 12.3 Å². The molecule has 1 saturated heterocycles. The molecule has 0 radical (unpaired) electrons. The van der Waals surface area contributed by atoms with Gasteiger partial charge in [0.25, 0.3) is 0 Å². The standard InChI is InChI=1S/C15H14.C10H16N2O4.C8H10O/c1-10-7-8-14-13-6-4-3-5-12(13)11(2)15(14)9-10;1-16-6-8-2-9(5-13)12(4-8)10(15)3-11-7-14;1-9-7-8-5-3-2-4-6-8/h3-9,11H,1-2H3;5,7-9H,2-4,6H2,1H3,(H,11,14);2-6H,7H2,1H3. The Bertz CT molecular complexity index is 1250. The van der Waals surface area contributed by atoms with E-state index in [1.165, 1.54) is 38.3 Å². The van der Waals surface area contributed by atoms with Crippen molar-refractivity contribution in [2.24, 2.45) is 5.92 Å². The van der Waals surface area contributed by atoms with E-state index in [0.717, 1.165) is 6.29 Å². The molecule has 1 aliphatic heterocycles. The van der Waals surface area contributed by atoms with Crippen LogP contribution in [-0.2, 0) is 30.5 Å². The Morgan fingerprint density at radius 2 is 1.65 bits per heavy atom. The third kappa shape index (κ3) is 8.10. The summed E-state index contributed by atoms with van der Waals surface area (Å²) in [6, 6.07) is 25.2. The molecule has 0 bridgehead atoms. The number of rotatable bonds is 8. The highest BCUT2D eigenvalue weighted by atomic mass is 16.5. The molecular formula is C33H40N2O5. The van der Waals surface area contributed by atoms with Crippen LogP contribution < -0.4 is 5.32 Å². The molecule has 7 nitrogen and oxygen atoms in total. The molecule has 3 unspecified atom stereocenters. The largest absolute Gasteiger partial charge is 0.384 e. The highest BCUT2D eigenvalue weighted by Crippen LogP contribution is 2.44. The summed E-state index contributed by atoms with van der Waals surface area (Å²) in [7, 11) is 3.29. The molecule has 3 aromatic rings. The van der Waals surface area contributed by atoms with Crippen LogP contribution in [0.4, 0.5) is 0 Å². The van der Waals surface area contributed by atoms with Crippen molar-refractivity contribution in [1.82, 2.24) is 10.2 Å². The van der Waals surface area contributed by atoms with Crippen molar-refractivity contribution >= 4 is 18.6 Å². The van der Waals surface area contributed by atoms with Gasteiger partial charge in [-0.15, -0.1) is 0 Å². The van der Waals surface area contributed by atoms with Gasteiger partial charge < -0.3 is 24.5 Å². The zero-order chi connectivity index (χ0) is 28.9. The van der Waals surface area contributed by atoms with Crippen molar-refractivity contribution in [3.8, 4) is 11.1 Å². The lowest BCUT2D eigenvalue weighted by atomic mass is 9.98. The SMILES string of the molecule is COCC1CC(C=O)N(C(=O)CNC=O)C1.COCc1ccccc1.Cc1ccc2c(c1)C(C)c1ccccc1-2. The monoisotopic (exact) mass is 544 g/mol. The summed E-state index contributed by atoms with van der Waals surface area (Å²) < 4.78 is 9.93. The number of nitrogens with zero attached hydrogens (tertiary/aromatic N) is 1. The fourth-order valence-electron chi connectivity index (χ4n) is 5.27. The molecule has 40 heavy (non-hydrogen) atoms. The third-order valence-electron chi connectivity index (χ3n) is 7.19. The van der Waals surface area contributed by atoms with Gasteiger partial charge in [-0.2, -0.15) is 0 Å². The zero-order valence-corrected chi connectivity index (χ0v) is 23.8. The van der Waals surface area contributed by atoms with E-state index in [4.69, 9.17) is 9.47 Å². The van der Waals surface area contributed by atoms with Crippen LogP contribution in [0.1, 0.15) is 41.5 Å². The second-order valence-corrected chi connectivity index (χ2v) is 10.1. The summed E-state index contributed by atoms with van der Waals surface area (Å²) in [5, 5.41) is 2.30. The van der Waals surface area contributed by atoms with Crippen LogP contribution in [0, 0.1) is 12.8 Å². The number of amides is 2. The summed E-state index contributed by atoms with van der Waals surface area (Å²) in [5.41, 5.74) is 8.37. The van der Waals surface area contributed by atoms with Crippen molar-refractivity contribution in [2.75, 3.05) is 33.9 Å². The van der Waals surface area contributed by atoms with Gasteiger partial charge in [-0.25, -0.2) is 0 Å². The molecular weight excluding hydrogens is 504 g/mol. The van der Waals surface area contributed by atoms with Gasteiger partial charge in [-0.05, 0) is 41.2 Å². The minimum atomic E-state index is -0.388. The Morgan fingerprint density at radius 3 is 2.33 bits per heavy atom. The summed E-state index contributed by atoms with van der Waals surface area (Å²) in [6.45, 7) is 6.15. The number of aldehydes is 1. The molecule has 7 heteroatoms. The third-order valence-corrected chi connectivity index (χ3v) is 7.19. The normalized spacial score (nSPS) is 18.3. The molecule has 2 aliphatic rings. The molecule has 5 rings (SSSR count). The van der Waals surface area contributed by atoms with E-state index in [2.05, 4.69) is 61.6 Å². The molecule has 1 aliphatic carbocycles. The van der Waals surface area contributed by atoms with E-state index in [-0.39, 0.29) is 24.4 Å². The maximum Gasteiger partial charge on any atom is 0.242 e. The van der Waals surface area contributed by atoms with Crippen LogP contribution >= 0.6 is 0 Å². The van der Waals surface area contributed by atoms with Gasteiger partial charge in [0.1, 0.15) is 6.29 Å². The fraction of sp³-hybridized carbons (Fsp3) is 0.364. The zero-order valence-electron chi connectivity index (χ0n) is 23.8. The van der Waals surface area contributed by atoms with Crippen molar-refractivity contribution in [3.63, 3.8) is 0 Å². The number of hydrogen-bond donors (Lipinski definition) is 1. The van der Waals surface area contributed by atoms with E-state index in [9.17, 15) is 14.4 Å². The predicted octanol–water partition coefficient (Wildman–Crippen LogP) is 4.76. The van der Waals surface area contributed by atoms with Crippen LogP contribution in [0.5, 0.6) is 0 Å². The number of benzene rings is 3. The maximum absolute atomic E-state index is 11.6. The molecule has 1 N–H and O–H groups in total. The maximum atomic E-state index is 11.6. The first-order valence-corrected chi connectivity index (χ1v) is 13.6. The molecule has 1 fully saturated rings. The Kier molecular flexibility index (Phi) is 12.1. The van der Waals surface area contributed by atoms with E-state index in [1.807, 2.05) is 30.3 Å². The smallest absolute Gasteiger partial charge is 0.242 e. The lowest BCUT2D eigenvalue weighted by molar-refractivity contribution is -0.134. The minimum absolute atomic E-state index is 0.0620. The number of carbonyl (C=O) groups is 3. The first kappa shape index (κ1) is 30.7. The van der Waals surface area contributed by atoms with Crippen molar-refractivity contribution < 1.29 is 23.9 Å². The Morgan fingerprint density at radius 1 is 0.950 bits per heavy atom. The van der Waals surface area contributed by atoms with Crippen molar-refractivity contribution in [2.45, 2.75) is 38.8 Å². The number of hydrogen-bond acceptors (Lipinski definition) is 5. The average molecular weight is 545 g/mol. The fourth-order valence-corrected chi connectivity index (χ4v) is 5.27. The molecule has 0 aromatic heterocycles. The van der Waals surface area contributed by atoms with Crippen LogP contribution in [-0.4, -0.2) is 63.5 Å². The number of carbonyl (C=O) groups excluding carboxylic acids is 3. The summed E-state index contributed by atoms with van der Waals surface area (Å²) in [5.74, 6) is 0.513. The van der Waals surface area contributed by atoms with Gasteiger partial charge in [-0.1, -0.05) is 85.3 Å². The first-order valence-electron chi connectivity index (χ1n) is 13.6. The van der Waals surface area contributed by atoms with Gasteiger partial charge in [0, 0.05) is 32.6 Å². The van der Waals surface area contributed by atoms with Gasteiger partial charge in [-0.3, -0.25) is 9.59 Å². The molecule has 3 atom stereocenters. The molecule has 3 aromatic carbocycles. The Balaban J connectivity index is 0.000000172. The number of aryl methyl sites for hydroxylation is 1. The van der Waals surface area contributed by atoms with Gasteiger partial charge >= 0.3 is 0 Å². The number of fused-ring (bicyclic) bond motifs is 3. The number of ether oxygens (including phenoxy) is 2. The van der Waals surface area contributed by atoms with E-state index < -0.39 is 0 Å². The van der Waals surface area contributed by atoms with Gasteiger partial charge in [0.05, 0.1) is 25.8 Å². The summed E-state index contributed by atoms with van der Waals surface area (Å²) >= 11 is 0. The van der Waals surface area contributed by atoms with E-state index in [1.54, 1.807) is 14.2 Å². The van der Waals surface area contributed by atoms with Crippen LogP contribution in [0.3, 0.4) is 0 Å². The molecule has 1 heterocycles. The van der Waals surface area contributed by atoms with Crippen molar-refractivity contribution in [1.29, 1.82) is 0 Å². The Labute approximate surface area is 237 Å². The second kappa shape index (κ2) is 15.7. The highest BCUT2D eigenvalue weighted by molar-refractivity contribution is 5.83. The molecule has 0 spiro atoms.